The normalized spacial score (nSPS) is 8.12. The molecule has 0 aliphatic heterocycles. The van der Waals surface area contributed by atoms with Crippen molar-refractivity contribution < 1.29 is 15.3 Å². The molecule has 110 valence electrons. The Morgan fingerprint density at radius 3 is 1.06 bits per heavy atom. The van der Waals surface area contributed by atoms with Crippen LogP contribution in [0.5, 0.6) is 0 Å². The lowest BCUT2D eigenvalue weighted by atomic mass is 10.2. The fourth-order valence-corrected chi connectivity index (χ4v) is 0.658. The summed E-state index contributed by atoms with van der Waals surface area (Å²) in [6.45, 7) is 10.3. The van der Waals surface area contributed by atoms with Gasteiger partial charge in [-0.25, -0.2) is 0 Å². The highest BCUT2D eigenvalue weighted by Crippen LogP contribution is 1.95. The van der Waals surface area contributed by atoms with Crippen LogP contribution >= 0.6 is 0 Å². The summed E-state index contributed by atoms with van der Waals surface area (Å²) in [6, 6.07) is 0. The number of rotatable bonds is 5. The Morgan fingerprint density at radius 1 is 0.765 bits per heavy atom. The third kappa shape index (κ3) is 128. The van der Waals surface area contributed by atoms with Crippen LogP contribution < -0.4 is 0 Å². The number of hydrogen-bond donors (Lipinski definition) is 3. The quantitative estimate of drug-likeness (QED) is 0.658. The van der Waals surface area contributed by atoms with E-state index < -0.39 is 0 Å². The van der Waals surface area contributed by atoms with Gasteiger partial charge in [0, 0.05) is 19.8 Å². The van der Waals surface area contributed by atoms with Gasteiger partial charge in [-0.05, 0) is 20.3 Å². The van der Waals surface area contributed by atoms with Crippen LogP contribution in [-0.2, 0) is 0 Å². The molecule has 0 bridgehead atoms. The summed E-state index contributed by atoms with van der Waals surface area (Å²) in [7, 11) is 1.00. The van der Waals surface area contributed by atoms with E-state index in [9.17, 15) is 0 Å². The van der Waals surface area contributed by atoms with Gasteiger partial charge in [-0.2, -0.15) is 0 Å². The van der Waals surface area contributed by atoms with E-state index >= 15 is 0 Å². The van der Waals surface area contributed by atoms with Gasteiger partial charge < -0.3 is 15.3 Å². The van der Waals surface area contributed by atoms with Crippen molar-refractivity contribution in [2.75, 3.05) is 13.7 Å². The molecule has 0 rings (SSSR count). The van der Waals surface area contributed by atoms with Gasteiger partial charge in [0.1, 0.15) is 0 Å². The minimum absolute atomic E-state index is 0.167. The van der Waals surface area contributed by atoms with Gasteiger partial charge in [-0.1, -0.05) is 52.9 Å². The standard InChI is InChI=1S/C6H14.C4H10O.C3H8O.CH4O/c1-3-5-6-4-2;1-2-3-4-5;1-3(2)4;1-2/h3-6H2,1-2H3;5H,2-4H2,1H3;3-4H,1-2H3;2H,1H3. The first-order chi connectivity index (χ1) is 8.06. The van der Waals surface area contributed by atoms with Gasteiger partial charge >= 0.3 is 0 Å². The fourth-order valence-electron chi connectivity index (χ4n) is 0.658. The predicted molar refractivity (Wildman–Crippen MR) is 77.3 cm³/mol. The van der Waals surface area contributed by atoms with Crippen LogP contribution in [0, 0.1) is 0 Å². The Labute approximate surface area is 109 Å². The Kier molecular flexibility index (Phi) is 54.4. The summed E-state index contributed by atoms with van der Waals surface area (Å²) >= 11 is 0. The summed E-state index contributed by atoms with van der Waals surface area (Å²) in [4.78, 5) is 0. The molecule has 0 aliphatic carbocycles. The monoisotopic (exact) mass is 252 g/mol. The van der Waals surface area contributed by atoms with Crippen molar-refractivity contribution in [2.45, 2.75) is 79.2 Å². The molecule has 0 aliphatic rings. The summed E-state index contributed by atoms with van der Waals surface area (Å²) in [5, 5.41) is 23.1. The highest BCUT2D eigenvalue weighted by Gasteiger charge is 1.75. The third-order valence-electron chi connectivity index (χ3n) is 1.47. The lowest BCUT2D eigenvalue weighted by Gasteiger charge is -1.86. The molecule has 0 saturated carbocycles. The largest absolute Gasteiger partial charge is 0.400 e. The Hall–Kier alpha value is -0.120. The molecule has 0 aromatic carbocycles. The number of unbranched alkanes of at least 4 members (excludes halogenated alkanes) is 4. The van der Waals surface area contributed by atoms with Crippen molar-refractivity contribution in [3.8, 4) is 0 Å². The van der Waals surface area contributed by atoms with Crippen molar-refractivity contribution >= 4 is 0 Å². The van der Waals surface area contributed by atoms with Crippen molar-refractivity contribution in [2.24, 2.45) is 0 Å². The summed E-state index contributed by atoms with van der Waals surface area (Å²) in [5.74, 6) is 0. The van der Waals surface area contributed by atoms with Crippen LogP contribution in [-0.4, -0.2) is 35.1 Å². The van der Waals surface area contributed by atoms with Crippen LogP contribution in [0.4, 0.5) is 0 Å². The molecule has 3 nitrogen and oxygen atoms in total. The smallest absolute Gasteiger partial charge is 0.0483 e. The minimum Gasteiger partial charge on any atom is -0.400 e. The molecule has 17 heavy (non-hydrogen) atoms. The molecule has 0 aromatic rings. The van der Waals surface area contributed by atoms with E-state index in [2.05, 4.69) is 20.8 Å². The van der Waals surface area contributed by atoms with Gasteiger partial charge in [-0.3, -0.25) is 0 Å². The molecule has 0 atom stereocenters. The molecule has 3 N–H and O–H groups in total. The highest BCUT2D eigenvalue weighted by atomic mass is 16.3. The third-order valence-corrected chi connectivity index (χ3v) is 1.47. The Bertz CT molecular complexity index is 67.1. The molecule has 0 unspecified atom stereocenters. The van der Waals surface area contributed by atoms with E-state index in [1.165, 1.54) is 25.7 Å². The highest BCUT2D eigenvalue weighted by molar-refractivity contribution is 4.31. The van der Waals surface area contributed by atoms with Gasteiger partial charge in [-0.15, -0.1) is 0 Å². The first-order valence-electron chi connectivity index (χ1n) is 6.80. The van der Waals surface area contributed by atoms with Crippen LogP contribution in [0.25, 0.3) is 0 Å². The summed E-state index contributed by atoms with van der Waals surface area (Å²) in [6.07, 6.45) is 7.41. The summed E-state index contributed by atoms with van der Waals surface area (Å²) < 4.78 is 0. The SMILES string of the molecule is CC(C)O.CCCCCC.CCCCO.CO. The van der Waals surface area contributed by atoms with Crippen LogP contribution in [0.2, 0.25) is 0 Å². The van der Waals surface area contributed by atoms with Crippen molar-refractivity contribution in [3.05, 3.63) is 0 Å². The number of hydrogen-bond acceptors (Lipinski definition) is 3. The molecule has 0 heterocycles. The number of aliphatic hydroxyl groups excluding tert-OH is 3. The lowest BCUT2D eigenvalue weighted by Crippen LogP contribution is -1.85. The van der Waals surface area contributed by atoms with Gasteiger partial charge in [0.15, 0.2) is 0 Å². The zero-order valence-electron chi connectivity index (χ0n) is 12.9. The average Bonchev–Trinajstić information content (AvgIpc) is 2.30. The van der Waals surface area contributed by atoms with Crippen molar-refractivity contribution in [1.29, 1.82) is 0 Å². The fraction of sp³-hybridized carbons (Fsp3) is 1.00. The van der Waals surface area contributed by atoms with E-state index in [0.717, 1.165) is 20.0 Å². The maximum atomic E-state index is 8.07. The Balaban J connectivity index is -0.0000000705. The molecule has 0 radical (unpaired) electrons. The first kappa shape index (κ1) is 25.7. The molecule has 0 aromatic heterocycles. The van der Waals surface area contributed by atoms with Crippen LogP contribution in [0.3, 0.4) is 0 Å². The molecular formula is C14H36O3. The maximum absolute atomic E-state index is 8.07. The zero-order chi connectivity index (χ0) is 14.5. The van der Waals surface area contributed by atoms with Crippen molar-refractivity contribution in [3.63, 3.8) is 0 Å². The van der Waals surface area contributed by atoms with Crippen LogP contribution in [0.1, 0.15) is 73.1 Å². The van der Waals surface area contributed by atoms with E-state index in [1.807, 2.05) is 0 Å². The topological polar surface area (TPSA) is 60.7 Å². The van der Waals surface area contributed by atoms with E-state index in [4.69, 9.17) is 15.3 Å². The minimum atomic E-state index is -0.167. The second-order valence-corrected chi connectivity index (χ2v) is 3.88. The second-order valence-electron chi connectivity index (χ2n) is 3.88. The average molecular weight is 252 g/mol. The van der Waals surface area contributed by atoms with E-state index in [0.29, 0.717) is 6.61 Å². The van der Waals surface area contributed by atoms with Gasteiger partial charge in [0.2, 0.25) is 0 Å². The zero-order valence-corrected chi connectivity index (χ0v) is 12.9. The Morgan fingerprint density at radius 2 is 1.00 bits per heavy atom. The molecule has 0 amide bonds. The molecule has 3 heteroatoms. The number of aliphatic hydroxyl groups is 3. The molecule has 0 spiro atoms. The maximum Gasteiger partial charge on any atom is 0.0483 e. The first-order valence-corrected chi connectivity index (χ1v) is 6.80. The van der Waals surface area contributed by atoms with E-state index in [-0.39, 0.29) is 6.10 Å². The predicted octanol–water partition coefficient (Wildman–Crippen LogP) is 3.36. The van der Waals surface area contributed by atoms with E-state index in [1.54, 1.807) is 13.8 Å². The molecule has 0 saturated heterocycles. The van der Waals surface area contributed by atoms with Gasteiger partial charge in [0.25, 0.3) is 0 Å². The molecule has 0 fully saturated rings. The van der Waals surface area contributed by atoms with Crippen LogP contribution in [0.15, 0.2) is 0 Å². The molecular weight excluding hydrogens is 216 g/mol. The van der Waals surface area contributed by atoms with Crippen molar-refractivity contribution in [1.82, 2.24) is 0 Å². The lowest BCUT2D eigenvalue weighted by molar-refractivity contribution is 0.216. The summed E-state index contributed by atoms with van der Waals surface area (Å²) in [5.41, 5.74) is 0. The second kappa shape index (κ2) is 36.0. The van der Waals surface area contributed by atoms with Gasteiger partial charge in [0.05, 0.1) is 0 Å².